The van der Waals surface area contributed by atoms with Crippen molar-refractivity contribution < 1.29 is 18.3 Å². The van der Waals surface area contributed by atoms with E-state index >= 15 is 0 Å². The summed E-state index contributed by atoms with van der Waals surface area (Å²) in [5.41, 5.74) is 0.436. The largest absolute Gasteiger partial charge is 0.480 e. The molecule has 1 heterocycles. The van der Waals surface area contributed by atoms with Gasteiger partial charge in [0.05, 0.1) is 5.75 Å². The molecular formula is C10H9NO4S. The topological polar surface area (TPSA) is 83.8 Å². The molecule has 1 unspecified atom stereocenters. The van der Waals surface area contributed by atoms with Crippen LogP contribution in [0, 0.1) is 0 Å². The van der Waals surface area contributed by atoms with Crippen molar-refractivity contribution in [3.63, 3.8) is 0 Å². The molecule has 1 aliphatic rings. The second kappa shape index (κ2) is 3.71. The monoisotopic (exact) mass is 239 g/mol. The summed E-state index contributed by atoms with van der Waals surface area (Å²) in [4.78, 5) is 14.4. The van der Waals surface area contributed by atoms with Gasteiger partial charge in [0.15, 0.2) is 20.9 Å². The zero-order valence-electron chi connectivity index (χ0n) is 8.20. The highest BCUT2D eigenvalue weighted by Gasteiger charge is 2.36. The maximum absolute atomic E-state index is 11.7. The molecule has 0 saturated carbocycles. The first-order valence-electron chi connectivity index (χ1n) is 4.59. The van der Waals surface area contributed by atoms with Crippen molar-refractivity contribution in [1.82, 2.24) is 0 Å². The number of sulfone groups is 1. The molecule has 0 spiro atoms. The predicted molar refractivity (Wildman–Crippen MR) is 58.2 cm³/mol. The zero-order chi connectivity index (χ0) is 11.8. The Labute approximate surface area is 92.4 Å². The number of carboxylic acid groups (broad SMARTS) is 1. The second-order valence-corrected chi connectivity index (χ2v) is 5.39. The first kappa shape index (κ1) is 10.8. The molecular weight excluding hydrogens is 230 g/mol. The molecule has 84 valence electrons. The van der Waals surface area contributed by atoms with Crippen LogP contribution in [0.2, 0.25) is 0 Å². The van der Waals surface area contributed by atoms with Crippen LogP contribution in [0.5, 0.6) is 0 Å². The van der Waals surface area contributed by atoms with Crippen LogP contribution in [-0.4, -0.2) is 36.3 Å². The van der Waals surface area contributed by atoms with E-state index in [0.29, 0.717) is 5.56 Å². The van der Waals surface area contributed by atoms with Crippen molar-refractivity contribution in [1.29, 1.82) is 0 Å². The van der Waals surface area contributed by atoms with E-state index in [0.717, 1.165) is 0 Å². The Balaban J connectivity index is 2.48. The van der Waals surface area contributed by atoms with Crippen LogP contribution in [0.3, 0.4) is 0 Å². The van der Waals surface area contributed by atoms with Crippen LogP contribution in [0.15, 0.2) is 35.3 Å². The number of carboxylic acids is 1. The lowest BCUT2D eigenvalue weighted by atomic mass is 10.2. The van der Waals surface area contributed by atoms with Gasteiger partial charge in [-0.3, -0.25) is 4.99 Å². The minimum Gasteiger partial charge on any atom is -0.480 e. The molecule has 0 aromatic heterocycles. The molecule has 1 aliphatic heterocycles. The zero-order valence-corrected chi connectivity index (χ0v) is 9.02. The molecule has 0 aliphatic carbocycles. The average molecular weight is 239 g/mol. The summed E-state index contributed by atoms with van der Waals surface area (Å²) in [6.07, 6.45) is 0. The van der Waals surface area contributed by atoms with E-state index in [-0.39, 0.29) is 5.04 Å². The molecule has 1 aromatic carbocycles. The van der Waals surface area contributed by atoms with Gasteiger partial charge in [-0.05, 0) is 0 Å². The summed E-state index contributed by atoms with van der Waals surface area (Å²) in [7, 11) is -3.57. The molecule has 0 bridgehead atoms. The van der Waals surface area contributed by atoms with Gasteiger partial charge in [-0.15, -0.1) is 0 Å². The first-order valence-corrected chi connectivity index (χ1v) is 6.25. The molecule has 0 saturated heterocycles. The van der Waals surface area contributed by atoms with E-state index in [4.69, 9.17) is 5.11 Å². The average Bonchev–Trinajstić information content (AvgIpc) is 2.56. The van der Waals surface area contributed by atoms with Crippen LogP contribution in [0.1, 0.15) is 5.56 Å². The molecule has 0 radical (unpaired) electrons. The van der Waals surface area contributed by atoms with Gasteiger partial charge >= 0.3 is 5.97 Å². The molecule has 5 nitrogen and oxygen atoms in total. The number of hydrogen-bond acceptors (Lipinski definition) is 4. The standard InChI is InChI=1S/C10H9NO4S/c12-10(13)8-6-16(14,15)9(11-8)7-4-2-1-3-5-7/h1-5,8H,6H2,(H,12,13). The van der Waals surface area contributed by atoms with Gasteiger partial charge in [0.25, 0.3) is 0 Å². The third-order valence-electron chi connectivity index (χ3n) is 2.25. The quantitative estimate of drug-likeness (QED) is 0.805. The van der Waals surface area contributed by atoms with Gasteiger partial charge in [0.2, 0.25) is 0 Å². The maximum Gasteiger partial charge on any atom is 0.329 e. The smallest absolute Gasteiger partial charge is 0.329 e. The summed E-state index contributed by atoms with van der Waals surface area (Å²) in [5, 5.41) is 8.61. The number of nitrogens with zero attached hydrogens (tertiary/aromatic N) is 1. The van der Waals surface area contributed by atoms with E-state index in [1.54, 1.807) is 30.3 Å². The Morgan fingerprint density at radius 2 is 1.94 bits per heavy atom. The van der Waals surface area contributed by atoms with Gasteiger partial charge in [-0.2, -0.15) is 0 Å². The second-order valence-electron chi connectivity index (χ2n) is 3.44. The van der Waals surface area contributed by atoms with Crippen LogP contribution in [0.4, 0.5) is 0 Å². The van der Waals surface area contributed by atoms with Crippen molar-refractivity contribution in [2.75, 3.05) is 5.75 Å². The maximum atomic E-state index is 11.7. The Hall–Kier alpha value is -1.69. The van der Waals surface area contributed by atoms with E-state index < -0.39 is 27.6 Å². The van der Waals surface area contributed by atoms with Gasteiger partial charge in [0, 0.05) is 5.56 Å². The highest BCUT2D eigenvalue weighted by molar-refractivity contribution is 8.07. The summed E-state index contributed by atoms with van der Waals surface area (Å²) in [6, 6.07) is 7.13. The lowest BCUT2D eigenvalue weighted by Gasteiger charge is -1.98. The highest BCUT2D eigenvalue weighted by Crippen LogP contribution is 2.18. The van der Waals surface area contributed by atoms with Crippen molar-refractivity contribution in [3.8, 4) is 0 Å². The third kappa shape index (κ3) is 1.83. The summed E-state index contributed by atoms with van der Waals surface area (Å²) < 4.78 is 23.4. The minimum absolute atomic E-state index is 0.125. The van der Waals surface area contributed by atoms with E-state index in [1.165, 1.54) is 0 Å². The molecule has 6 heteroatoms. The predicted octanol–water partition coefficient (Wildman–Crippen LogP) is 0.315. The minimum atomic E-state index is -3.57. The highest BCUT2D eigenvalue weighted by atomic mass is 32.2. The van der Waals surface area contributed by atoms with E-state index in [9.17, 15) is 13.2 Å². The lowest BCUT2D eigenvalue weighted by Crippen LogP contribution is -2.22. The number of carbonyl (C=O) groups is 1. The van der Waals surface area contributed by atoms with Gasteiger partial charge < -0.3 is 5.11 Å². The molecule has 16 heavy (non-hydrogen) atoms. The van der Waals surface area contributed by atoms with Crippen LogP contribution in [-0.2, 0) is 14.6 Å². The fraction of sp³-hybridized carbons (Fsp3) is 0.200. The van der Waals surface area contributed by atoms with Crippen LogP contribution >= 0.6 is 0 Å². The van der Waals surface area contributed by atoms with Crippen LogP contribution < -0.4 is 0 Å². The molecule has 0 amide bonds. The van der Waals surface area contributed by atoms with Crippen molar-refractivity contribution in [3.05, 3.63) is 35.9 Å². The Morgan fingerprint density at radius 3 is 2.44 bits per heavy atom. The molecule has 1 N–H and O–H groups in total. The summed E-state index contributed by atoms with van der Waals surface area (Å²) >= 11 is 0. The number of rotatable bonds is 2. The van der Waals surface area contributed by atoms with Crippen molar-refractivity contribution in [2.24, 2.45) is 4.99 Å². The van der Waals surface area contributed by atoms with Crippen molar-refractivity contribution >= 4 is 20.9 Å². The molecule has 2 rings (SSSR count). The Bertz CT molecular complexity index is 547. The normalized spacial score (nSPS) is 22.8. The Morgan fingerprint density at radius 1 is 1.31 bits per heavy atom. The molecule has 1 atom stereocenters. The van der Waals surface area contributed by atoms with Crippen LogP contribution in [0.25, 0.3) is 0 Å². The summed E-state index contributed by atoms with van der Waals surface area (Å²) in [5.74, 6) is -1.67. The Kier molecular flexibility index (Phi) is 2.51. The number of benzene rings is 1. The first-order chi connectivity index (χ1) is 7.50. The number of aliphatic carboxylic acids is 1. The number of hydrogen-bond donors (Lipinski definition) is 1. The van der Waals surface area contributed by atoms with Gasteiger partial charge in [-0.25, -0.2) is 13.2 Å². The van der Waals surface area contributed by atoms with Crippen molar-refractivity contribution in [2.45, 2.75) is 6.04 Å². The SMILES string of the molecule is O=C(O)C1CS(=O)(=O)C(c2ccccc2)=N1. The molecule has 1 aromatic rings. The fourth-order valence-electron chi connectivity index (χ4n) is 1.51. The van der Waals surface area contributed by atoms with E-state index in [1.807, 2.05) is 0 Å². The summed E-state index contributed by atoms with van der Waals surface area (Å²) in [6.45, 7) is 0. The lowest BCUT2D eigenvalue weighted by molar-refractivity contribution is -0.137. The van der Waals surface area contributed by atoms with E-state index in [2.05, 4.69) is 4.99 Å². The third-order valence-corrected chi connectivity index (χ3v) is 3.94. The fourth-order valence-corrected chi connectivity index (χ4v) is 3.08. The number of aliphatic imine (C=N–C) groups is 1. The van der Waals surface area contributed by atoms with Gasteiger partial charge in [-0.1, -0.05) is 30.3 Å². The van der Waals surface area contributed by atoms with Gasteiger partial charge in [0.1, 0.15) is 0 Å². The molecule has 0 fully saturated rings.